The molecule has 0 N–H and O–H groups in total. The van der Waals surface area contributed by atoms with Gasteiger partial charge in [0.15, 0.2) is 0 Å². The summed E-state index contributed by atoms with van der Waals surface area (Å²) in [6.45, 7) is -5.25. The number of aromatic nitrogens is 1. The van der Waals surface area contributed by atoms with E-state index in [1.54, 1.807) is 12.1 Å². The predicted molar refractivity (Wildman–Crippen MR) is 126 cm³/mol. The summed E-state index contributed by atoms with van der Waals surface area (Å²) in [7, 11) is 0. The van der Waals surface area contributed by atoms with Crippen LogP contribution in [0.1, 0.15) is 24.9 Å². The first-order chi connectivity index (χ1) is 17.6. The number of pyridine rings is 1. The van der Waals surface area contributed by atoms with E-state index in [-0.39, 0.29) is 11.1 Å². The number of aryl methyl sites for hydroxylation is 2. The van der Waals surface area contributed by atoms with Crippen LogP contribution in [-0.2, 0) is 0 Å². The van der Waals surface area contributed by atoms with Crippen LogP contribution in [0, 0.1) is 25.0 Å². The van der Waals surface area contributed by atoms with E-state index in [9.17, 15) is 5.26 Å². The molecule has 6 rings (SSSR count). The number of para-hydroxylation sites is 1. The van der Waals surface area contributed by atoms with Crippen LogP contribution in [0.5, 0.6) is 0 Å². The van der Waals surface area contributed by atoms with Crippen molar-refractivity contribution in [1.29, 1.82) is 5.26 Å². The average molecular weight is 405 g/mol. The van der Waals surface area contributed by atoms with Gasteiger partial charge in [-0.25, -0.2) is 0 Å². The molecule has 0 amide bonds. The average Bonchev–Trinajstić information content (AvgIpc) is 3.25. The number of fused-ring (bicyclic) bond motifs is 7. The second kappa shape index (κ2) is 6.42. The SMILES string of the molecule is [2H]C([2H])([2H])c1cnc(-c2cccc3c2oc2cc(C#N)c4c5ccccc5ccc4c23)cc1C([2H])([2H])[2H]. The summed E-state index contributed by atoms with van der Waals surface area (Å²) in [6, 6.07) is 22.7. The highest BCUT2D eigenvalue weighted by Crippen LogP contribution is 2.41. The standard InChI is InChI=1S/C28H18N2O/c1-16-12-24(30-15-17(16)2)21-8-5-9-23-27-22-11-10-18-6-3-4-7-20(18)26(22)19(14-29)13-25(27)31-28(21)23/h3-13,15H,1-2H3/i1D3,2D3. The highest BCUT2D eigenvalue weighted by molar-refractivity contribution is 6.26. The number of benzene rings is 4. The first kappa shape index (κ1) is 12.5. The van der Waals surface area contributed by atoms with Crippen molar-refractivity contribution >= 4 is 43.5 Å². The smallest absolute Gasteiger partial charge is 0.144 e. The van der Waals surface area contributed by atoms with Gasteiger partial charge >= 0.3 is 0 Å². The van der Waals surface area contributed by atoms with Gasteiger partial charge in [-0.15, -0.1) is 0 Å². The van der Waals surface area contributed by atoms with Crippen molar-refractivity contribution in [2.45, 2.75) is 13.7 Å². The summed E-state index contributed by atoms with van der Waals surface area (Å²) in [5, 5.41) is 15.3. The fraction of sp³-hybridized carbons (Fsp3) is 0.0714. The topological polar surface area (TPSA) is 49.8 Å². The van der Waals surface area contributed by atoms with Crippen molar-refractivity contribution in [3.05, 3.63) is 89.6 Å². The van der Waals surface area contributed by atoms with Crippen molar-refractivity contribution < 1.29 is 12.6 Å². The molecule has 0 bridgehead atoms. The Balaban J connectivity index is 1.69. The normalized spacial score (nSPS) is 15.2. The van der Waals surface area contributed by atoms with Gasteiger partial charge in [-0.1, -0.05) is 48.5 Å². The zero-order chi connectivity index (χ0) is 26.1. The van der Waals surface area contributed by atoms with Crippen LogP contribution < -0.4 is 0 Å². The van der Waals surface area contributed by atoms with Crippen LogP contribution in [0.4, 0.5) is 0 Å². The van der Waals surface area contributed by atoms with Gasteiger partial charge in [-0.05, 0) is 59.2 Å². The summed E-state index contributed by atoms with van der Waals surface area (Å²) in [6.07, 6.45) is 1.11. The lowest BCUT2D eigenvalue weighted by atomic mass is 9.94. The van der Waals surface area contributed by atoms with Gasteiger partial charge in [0.2, 0.25) is 0 Å². The van der Waals surface area contributed by atoms with E-state index in [2.05, 4.69) is 11.1 Å². The minimum atomic E-state index is -2.64. The second-order valence-electron chi connectivity index (χ2n) is 7.52. The molecule has 31 heavy (non-hydrogen) atoms. The first-order valence-corrected chi connectivity index (χ1v) is 9.79. The number of nitriles is 1. The summed E-state index contributed by atoms with van der Waals surface area (Å²) in [4.78, 5) is 4.32. The molecule has 0 aliphatic rings. The Morgan fingerprint density at radius 2 is 1.74 bits per heavy atom. The van der Waals surface area contributed by atoms with Gasteiger partial charge < -0.3 is 4.42 Å². The van der Waals surface area contributed by atoms with Crippen molar-refractivity contribution in [1.82, 2.24) is 4.98 Å². The van der Waals surface area contributed by atoms with Crippen LogP contribution in [-0.4, -0.2) is 4.98 Å². The minimum absolute atomic E-state index is 0.269. The van der Waals surface area contributed by atoms with Crippen molar-refractivity contribution in [2.24, 2.45) is 0 Å². The van der Waals surface area contributed by atoms with Gasteiger partial charge in [-0.3, -0.25) is 4.98 Å². The van der Waals surface area contributed by atoms with E-state index < -0.39 is 13.7 Å². The van der Waals surface area contributed by atoms with Gasteiger partial charge in [0.1, 0.15) is 11.2 Å². The molecule has 2 aromatic heterocycles. The maximum atomic E-state index is 9.96. The number of hydrogen-bond donors (Lipinski definition) is 0. The fourth-order valence-electron chi connectivity index (χ4n) is 4.38. The Morgan fingerprint density at radius 1 is 0.871 bits per heavy atom. The molecule has 0 saturated carbocycles. The van der Waals surface area contributed by atoms with Gasteiger partial charge in [-0.2, -0.15) is 5.26 Å². The molecule has 3 nitrogen and oxygen atoms in total. The van der Waals surface area contributed by atoms with Gasteiger partial charge in [0.25, 0.3) is 0 Å². The first-order valence-electron chi connectivity index (χ1n) is 12.8. The Kier molecular flexibility index (Phi) is 2.59. The molecule has 146 valence electrons. The zero-order valence-electron chi connectivity index (χ0n) is 22.2. The van der Waals surface area contributed by atoms with Crippen molar-refractivity contribution in [2.75, 3.05) is 0 Å². The molecule has 0 aliphatic heterocycles. The number of furan rings is 1. The minimum Gasteiger partial charge on any atom is -0.455 e. The molecule has 6 aromatic rings. The van der Waals surface area contributed by atoms with Crippen LogP contribution in [0.2, 0.25) is 0 Å². The maximum absolute atomic E-state index is 9.96. The van der Waals surface area contributed by atoms with Crippen LogP contribution in [0.15, 0.2) is 77.3 Å². The monoisotopic (exact) mass is 404 g/mol. The van der Waals surface area contributed by atoms with E-state index in [0.29, 0.717) is 28.0 Å². The Morgan fingerprint density at radius 3 is 2.61 bits per heavy atom. The summed E-state index contributed by atoms with van der Waals surface area (Å²) in [5.74, 6) is 0. The highest BCUT2D eigenvalue weighted by Gasteiger charge is 2.18. The molecule has 3 heteroatoms. The fourth-order valence-corrected chi connectivity index (χ4v) is 4.38. The maximum Gasteiger partial charge on any atom is 0.144 e. The summed E-state index contributed by atoms with van der Waals surface area (Å²) >= 11 is 0. The molecule has 0 atom stereocenters. The van der Waals surface area contributed by atoms with Gasteiger partial charge in [0, 0.05) is 36.1 Å². The molecule has 0 spiro atoms. The van der Waals surface area contributed by atoms with E-state index in [1.807, 2.05) is 48.5 Å². The molecular weight excluding hydrogens is 380 g/mol. The van der Waals surface area contributed by atoms with E-state index in [0.717, 1.165) is 38.5 Å². The quantitative estimate of drug-likeness (QED) is 0.268. The van der Waals surface area contributed by atoms with Crippen LogP contribution in [0.25, 0.3) is 54.7 Å². The molecule has 2 heterocycles. The van der Waals surface area contributed by atoms with E-state index in [1.165, 1.54) is 6.07 Å². The molecule has 0 saturated heterocycles. The lowest BCUT2D eigenvalue weighted by Gasteiger charge is -2.07. The van der Waals surface area contributed by atoms with Crippen LogP contribution >= 0.6 is 0 Å². The lowest BCUT2D eigenvalue weighted by molar-refractivity contribution is 0.670. The molecule has 0 fully saturated rings. The van der Waals surface area contributed by atoms with Gasteiger partial charge in [0.05, 0.1) is 17.3 Å². The molecule has 0 unspecified atom stereocenters. The Labute approximate surface area is 187 Å². The number of hydrogen-bond acceptors (Lipinski definition) is 3. The molecule has 4 aromatic carbocycles. The Hall–Kier alpha value is -4.16. The molecule has 0 radical (unpaired) electrons. The second-order valence-corrected chi connectivity index (χ2v) is 7.52. The molecular formula is C28H18N2O. The van der Waals surface area contributed by atoms with Crippen molar-refractivity contribution in [3.63, 3.8) is 0 Å². The Bertz CT molecular complexity index is 1930. The van der Waals surface area contributed by atoms with E-state index >= 15 is 0 Å². The third kappa shape index (κ3) is 2.49. The highest BCUT2D eigenvalue weighted by atomic mass is 16.3. The summed E-state index contributed by atoms with van der Waals surface area (Å²) in [5.41, 5.74) is 1.75. The third-order valence-corrected chi connectivity index (χ3v) is 5.79. The number of rotatable bonds is 1. The van der Waals surface area contributed by atoms with Crippen LogP contribution in [0.3, 0.4) is 0 Å². The summed E-state index contributed by atoms with van der Waals surface area (Å²) < 4.78 is 53.2. The largest absolute Gasteiger partial charge is 0.455 e. The third-order valence-electron chi connectivity index (χ3n) is 5.79. The van der Waals surface area contributed by atoms with Crippen molar-refractivity contribution in [3.8, 4) is 17.3 Å². The number of nitrogens with zero attached hydrogens (tertiary/aromatic N) is 2. The molecule has 0 aliphatic carbocycles. The zero-order valence-corrected chi connectivity index (χ0v) is 16.2. The van der Waals surface area contributed by atoms with E-state index in [4.69, 9.17) is 12.6 Å². The lowest BCUT2D eigenvalue weighted by Crippen LogP contribution is -1.88. The predicted octanol–water partition coefficient (Wildman–Crippen LogP) is 7.44.